The van der Waals surface area contributed by atoms with E-state index in [2.05, 4.69) is 21.9 Å². The molecule has 0 radical (unpaired) electrons. The zero-order valence-electron chi connectivity index (χ0n) is 17.8. The summed E-state index contributed by atoms with van der Waals surface area (Å²) in [5.41, 5.74) is 2.18. The fourth-order valence-corrected chi connectivity index (χ4v) is 5.68. The van der Waals surface area contributed by atoms with Crippen LogP contribution < -0.4 is 11.0 Å². The van der Waals surface area contributed by atoms with E-state index in [1.807, 2.05) is 10.7 Å². The van der Waals surface area contributed by atoms with Crippen LogP contribution in [-0.2, 0) is 11.3 Å². The Morgan fingerprint density at radius 2 is 2.16 bits per heavy atom. The molecular formula is C21H26N6O4S. The fraction of sp³-hybridized carbons (Fsp3) is 0.524. The van der Waals surface area contributed by atoms with Crippen molar-refractivity contribution in [3.63, 3.8) is 0 Å². The minimum atomic E-state index is -0.495. The van der Waals surface area contributed by atoms with Gasteiger partial charge in [-0.1, -0.05) is 6.92 Å². The summed E-state index contributed by atoms with van der Waals surface area (Å²) in [7, 11) is 0. The maximum absolute atomic E-state index is 12.8. The molecule has 10 nitrogen and oxygen atoms in total. The number of amides is 1. The number of aromatic nitrogens is 4. The van der Waals surface area contributed by atoms with Gasteiger partial charge in [0.15, 0.2) is 5.65 Å². The highest BCUT2D eigenvalue weighted by atomic mass is 32.1. The summed E-state index contributed by atoms with van der Waals surface area (Å²) in [4.78, 5) is 36.1. The molecule has 170 valence electrons. The molecule has 2 aliphatic heterocycles. The summed E-state index contributed by atoms with van der Waals surface area (Å²) in [5.74, 6) is 0.628. The molecule has 2 unspecified atom stereocenters. The van der Waals surface area contributed by atoms with Crippen molar-refractivity contribution in [2.24, 2.45) is 5.92 Å². The lowest BCUT2D eigenvalue weighted by Crippen LogP contribution is -2.23. The lowest BCUT2D eigenvalue weighted by Gasteiger charge is -2.23. The summed E-state index contributed by atoms with van der Waals surface area (Å²) in [6.07, 6.45) is 3.35. The van der Waals surface area contributed by atoms with Crippen LogP contribution in [0.4, 0.5) is 0 Å². The van der Waals surface area contributed by atoms with Gasteiger partial charge in [-0.25, -0.2) is 15.1 Å². The molecule has 3 aromatic heterocycles. The number of hydroxylamine groups is 1. The molecule has 0 saturated carbocycles. The molecular weight excluding hydrogens is 432 g/mol. The highest BCUT2D eigenvalue weighted by Crippen LogP contribution is 2.33. The Bertz CT molecular complexity index is 1180. The molecule has 0 bridgehead atoms. The number of aromatic amines is 1. The lowest BCUT2D eigenvalue weighted by atomic mass is 9.97. The average molecular weight is 459 g/mol. The highest BCUT2D eigenvalue weighted by molar-refractivity contribution is 7.14. The maximum Gasteiger partial charge on any atom is 0.284 e. The monoisotopic (exact) mass is 458 g/mol. The Labute approximate surface area is 188 Å². The minimum absolute atomic E-state index is 0.102. The molecule has 11 heteroatoms. The quantitative estimate of drug-likeness (QED) is 0.394. The van der Waals surface area contributed by atoms with E-state index in [-0.39, 0.29) is 17.5 Å². The van der Waals surface area contributed by atoms with Crippen molar-refractivity contribution in [2.45, 2.75) is 38.3 Å². The Morgan fingerprint density at radius 1 is 1.34 bits per heavy atom. The molecule has 0 spiro atoms. The SMILES string of the molecule is CC1CN(Cc2ccc(C(=O)NO)s2)CC1c1nc2c(cnn2C2CCOCC2)c(=O)[nH]1. The molecule has 0 aliphatic carbocycles. The predicted octanol–water partition coefficient (Wildman–Crippen LogP) is 1.89. The number of ether oxygens (including phenoxy) is 1. The van der Waals surface area contributed by atoms with Crippen molar-refractivity contribution in [3.05, 3.63) is 44.3 Å². The second kappa shape index (κ2) is 8.74. The van der Waals surface area contributed by atoms with Crippen LogP contribution in [0, 0.1) is 5.92 Å². The first kappa shape index (κ1) is 21.3. The van der Waals surface area contributed by atoms with E-state index in [1.165, 1.54) is 11.3 Å². The maximum atomic E-state index is 12.8. The molecule has 2 saturated heterocycles. The smallest absolute Gasteiger partial charge is 0.284 e. The molecule has 0 aromatic carbocycles. The number of carbonyl (C=O) groups excluding carboxylic acids is 1. The molecule has 2 atom stereocenters. The number of thiophene rings is 1. The van der Waals surface area contributed by atoms with Gasteiger partial charge in [0.05, 0.1) is 17.1 Å². The number of fused-ring (bicyclic) bond motifs is 1. The van der Waals surface area contributed by atoms with E-state index in [1.54, 1.807) is 17.7 Å². The van der Waals surface area contributed by atoms with Gasteiger partial charge in [-0.2, -0.15) is 5.10 Å². The average Bonchev–Trinajstić information content (AvgIpc) is 3.52. The summed E-state index contributed by atoms with van der Waals surface area (Å²) in [5, 5.41) is 13.8. The first-order valence-corrected chi connectivity index (χ1v) is 11.7. The van der Waals surface area contributed by atoms with E-state index >= 15 is 0 Å². The lowest BCUT2D eigenvalue weighted by molar-refractivity contribution is 0.0673. The van der Waals surface area contributed by atoms with Crippen LogP contribution in [-0.4, -0.2) is 62.1 Å². The van der Waals surface area contributed by atoms with Gasteiger partial charge >= 0.3 is 0 Å². The first-order chi connectivity index (χ1) is 15.5. The second-order valence-electron chi connectivity index (χ2n) is 8.61. The summed E-state index contributed by atoms with van der Waals surface area (Å²) in [6, 6.07) is 3.82. The third-order valence-electron chi connectivity index (χ3n) is 6.42. The van der Waals surface area contributed by atoms with Gasteiger partial charge in [-0.05, 0) is 30.9 Å². The molecule has 1 amide bonds. The highest BCUT2D eigenvalue weighted by Gasteiger charge is 2.33. The minimum Gasteiger partial charge on any atom is -0.381 e. The zero-order valence-corrected chi connectivity index (χ0v) is 18.6. The van der Waals surface area contributed by atoms with Gasteiger partial charge in [0.25, 0.3) is 11.5 Å². The van der Waals surface area contributed by atoms with E-state index in [9.17, 15) is 9.59 Å². The third kappa shape index (κ3) is 3.96. The number of nitrogens with zero attached hydrogens (tertiary/aromatic N) is 4. The fourth-order valence-electron chi connectivity index (χ4n) is 4.74. The van der Waals surface area contributed by atoms with Gasteiger partial charge in [-0.15, -0.1) is 11.3 Å². The number of hydrogen-bond acceptors (Lipinski definition) is 8. The molecule has 2 fully saturated rings. The number of carbonyl (C=O) groups is 1. The van der Waals surface area contributed by atoms with Crippen molar-refractivity contribution in [3.8, 4) is 0 Å². The molecule has 5 rings (SSSR count). The van der Waals surface area contributed by atoms with Crippen LogP contribution in [0.15, 0.2) is 23.1 Å². The van der Waals surface area contributed by atoms with Crippen LogP contribution in [0.25, 0.3) is 11.0 Å². The van der Waals surface area contributed by atoms with Gasteiger partial charge in [0, 0.05) is 43.6 Å². The largest absolute Gasteiger partial charge is 0.381 e. The number of H-pyrrole nitrogens is 1. The molecule has 32 heavy (non-hydrogen) atoms. The van der Waals surface area contributed by atoms with Crippen molar-refractivity contribution in [1.82, 2.24) is 30.1 Å². The normalized spacial score (nSPS) is 22.6. The van der Waals surface area contributed by atoms with Crippen molar-refractivity contribution < 1.29 is 14.7 Å². The number of likely N-dealkylation sites (tertiary alicyclic amines) is 1. The van der Waals surface area contributed by atoms with Crippen LogP contribution in [0.3, 0.4) is 0 Å². The van der Waals surface area contributed by atoms with E-state index < -0.39 is 5.91 Å². The standard InChI is InChI=1S/C21H26N6O4S/c1-12-9-26(10-14-2-3-17(32-14)21(29)25-30)11-16(12)18-23-19-15(20(28)24-18)8-22-27(19)13-4-6-31-7-5-13/h2-3,8,12-13,16,30H,4-7,9-11H2,1H3,(H,25,29)(H,23,24,28). The molecule has 5 heterocycles. The third-order valence-corrected chi connectivity index (χ3v) is 7.49. The Morgan fingerprint density at radius 3 is 2.94 bits per heavy atom. The van der Waals surface area contributed by atoms with Crippen LogP contribution in [0.2, 0.25) is 0 Å². The van der Waals surface area contributed by atoms with Crippen LogP contribution in [0.1, 0.15) is 52.1 Å². The predicted molar refractivity (Wildman–Crippen MR) is 118 cm³/mol. The van der Waals surface area contributed by atoms with Gasteiger partial charge in [0.1, 0.15) is 11.2 Å². The second-order valence-corrected chi connectivity index (χ2v) is 9.77. The van der Waals surface area contributed by atoms with E-state index in [0.29, 0.717) is 47.4 Å². The van der Waals surface area contributed by atoms with Crippen molar-refractivity contribution in [1.29, 1.82) is 0 Å². The van der Waals surface area contributed by atoms with Crippen LogP contribution >= 0.6 is 11.3 Å². The van der Waals surface area contributed by atoms with Crippen LogP contribution in [0.5, 0.6) is 0 Å². The molecule has 3 N–H and O–H groups in total. The Hall–Kier alpha value is -2.60. The first-order valence-electron chi connectivity index (χ1n) is 10.8. The Balaban J connectivity index is 1.37. The van der Waals surface area contributed by atoms with Gasteiger partial charge < -0.3 is 9.72 Å². The summed E-state index contributed by atoms with van der Waals surface area (Å²) in [6.45, 7) is 5.90. The zero-order chi connectivity index (χ0) is 22.2. The summed E-state index contributed by atoms with van der Waals surface area (Å²) >= 11 is 1.36. The van der Waals surface area contributed by atoms with Crippen molar-refractivity contribution in [2.75, 3.05) is 26.3 Å². The molecule has 2 aliphatic rings. The number of rotatable bonds is 5. The number of hydrogen-bond donors (Lipinski definition) is 3. The summed E-state index contributed by atoms with van der Waals surface area (Å²) < 4.78 is 7.36. The Kier molecular flexibility index (Phi) is 5.80. The number of nitrogens with one attached hydrogen (secondary N) is 2. The topological polar surface area (TPSA) is 125 Å². The van der Waals surface area contributed by atoms with Gasteiger partial charge in [-0.3, -0.25) is 19.7 Å². The molecule has 3 aromatic rings. The van der Waals surface area contributed by atoms with Crippen molar-refractivity contribution >= 4 is 28.3 Å². The van der Waals surface area contributed by atoms with Gasteiger partial charge in [0.2, 0.25) is 0 Å². The van der Waals surface area contributed by atoms with E-state index in [0.717, 1.165) is 30.8 Å². The van der Waals surface area contributed by atoms with E-state index in [4.69, 9.17) is 14.9 Å².